The monoisotopic (exact) mass is 520 g/mol. The van der Waals surface area contributed by atoms with Gasteiger partial charge in [-0.25, -0.2) is 13.4 Å². The molecule has 4 rings (SSSR count). The molecule has 1 aromatic carbocycles. The molecular weight excluding hydrogens is 488 g/mol. The van der Waals surface area contributed by atoms with Gasteiger partial charge in [0.1, 0.15) is 10.3 Å². The molecule has 0 N–H and O–H groups in total. The van der Waals surface area contributed by atoms with Gasteiger partial charge >= 0.3 is 0 Å². The van der Waals surface area contributed by atoms with Crippen molar-refractivity contribution in [2.45, 2.75) is 50.8 Å². The first kappa shape index (κ1) is 25.2. The number of thiazole rings is 1. The van der Waals surface area contributed by atoms with E-state index in [0.717, 1.165) is 34.4 Å². The highest BCUT2D eigenvalue weighted by atomic mass is 32.2. The third-order valence-electron chi connectivity index (χ3n) is 6.40. The number of fused-ring (bicyclic) bond motifs is 1. The molecule has 1 aliphatic heterocycles. The molecule has 10 heteroatoms. The lowest BCUT2D eigenvalue weighted by Gasteiger charge is -2.29. The second kappa shape index (κ2) is 10.4. The molecule has 2 aromatic heterocycles. The molecule has 0 spiro atoms. The van der Waals surface area contributed by atoms with Crippen molar-refractivity contribution in [3.8, 4) is 0 Å². The zero-order valence-electron chi connectivity index (χ0n) is 20.2. The number of benzene rings is 1. The molecule has 3 aromatic rings. The van der Waals surface area contributed by atoms with Crippen LogP contribution in [-0.4, -0.2) is 67.3 Å². The predicted molar refractivity (Wildman–Crippen MR) is 140 cm³/mol. The van der Waals surface area contributed by atoms with E-state index < -0.39 is 16.1 Å². The third kappa shape index (κ3) is 4.92. The first-order valence-electron chi connectivity index (χ1n) is 11.7. The van der Waals surface area contributed by atoms with Crippen LogP contribution in [0.1, 0.15) is 37.8 Å². The molecule has 1 unspecified atom stereocenters. The van der Waals surface area contributed by atoms with Crippen LogP contribution >= 0.6 is 22.7 Å². The van der Waals surface area contributed by atoms with Crippen molar-refractivity contribution in [2.75, 3.05) is 37.6 Å². The minimum Gasteiger partial charge on any atom is -0.302 e. The van der Waals surface area contributed by atoms with E-state index in [1.165, 1.54) is 27.0 Å². The number of sulfonamides is 1. The number of anilines is 1. The summed E-state index contributed by atoms with van der Waals surface area (Å²) in [6, 6.07) is 6.82. The number of hydrogen-bond donors (Lipinski definition) is 0. The Labute approximate surface area is 210 Å². The van der Waals surface area contributed by atoms with Crippen LogP contribution in [0.4, 0.5) is 5.13 Å². The van der Waals surface area contributed by atoms with Crippen molar-refractivity contribution in [1.29, 1.82) is 0 Å². The minimum atomic E-state index is -3.71. The third-order valence-corrected chi connectivity index (χ3v) is 10.7. The maximum atomic E-state index is 14.0. The van der Waals surface area contributed by atoms with Gasteiger partial charge < -0.3 is 4.90 Å². The largest absolute Gasteiger partial charge is 0.302 e. The fourth-order valence-electron chi connectivity index (χ4n) is 4.54. The van der Waals surface area contributed by atoms with E-state index in [0.29, 0.717) is 37.6 Å². The summed E-state index contributed by atoms with van der Waals surface area (Å²) in [6.45, 7) is 11.6. The highest BCUT2D eigenvalue weighted by molar-refractivity contribution is 7.91. The van der Waals surface area contributed by atoms with Crippen LogP contribution in [0, 0.1) is 13.8 Å². The molecule has 1 fully saturated rings. The Bertz CT molecular complexity index is 1250. The van der Waals surface area contributed by atoms with E-state index in [9.17, 15) is 13.2 Å². The van der Waals surface area contributed by atoms with Crippen LogP contribution in [0.15, 0.2) is 33.9 Å². The number of amides is 1. The van der Waals surface area contributed by atoms with Gasteiger partial charge in [-0.05, 0) is 68.4 Å². The minimum absolute atomic E-state index is 0.182. The standard InChI is InChI=1S/C24H32N4O3S3/c1-5-26(6-2)12-13-27(24-25-22-18(4)15-17(3)16-20(22)33-24)23(29)19-9-7-11-28(19)34(30,31)21-10-8-14-32-21/h8,10,14-16,19H,5-7,9,11-13H2,1-4H3. The van der Waals surface area contributed by atoms with Crippen LogP contribution in [0.2, 0.25) is 0 Å². The Kier molecular flexibility index (Phi) is 7.73. The van der Waals surface area contributed by atoms with Gasteiger partial charge in [0.2, 0.25) is 5.91 Å². The number of aromatic nitrogens is 1. The highest BCUT2D eigenvalue weighted by Gasteiger charge is 2.42. The summed E-state index contributed by atoms with van der Waals surface area (Å²) in [4.78, 5) is 22.8. The number of aryl methyl sites for hydroxylation is 2. The van der Waals surface area contributed by atoms with Gasteiger partial charge in [-0.3, -0.25) is 9.69 Å². The second-order valence-electron chi connectivity index (χ2n) is 8.65. The molecule has 1 aliphatic rings. The van der Waals surface area contributed by atoms with Crippen LogP contribution < -0.4 is 4.90 Å². The maximum Gasteiger partial charge on any atom is 0.253 e. The van der Waals surface area contributed by atoms with E-state index in [1.807, 2.05) is 6.92 Å². The van der Waals surface area contributed by atoms with Gasteiger partial charge in [-0.15, -0.1) is 11.3 Å². The Morgan fingerprint density at radius 2 is 1.97 bits per heavy atom. The number of nitrogens with zero attached hydrogens (tertiary/aromatic N) is 4. The summed E-state index contributed by atoms with van der Waals surface area (Å²) in [7, 11) is -3.71. The van der Waals surface area contributed by atoms with Crippen LogP contribution in [-0.2, 0) is 14.8 Å². The molecule has 3 heterocycles. The molecule has 1 amide bonds. The number of thiophene rings is 1. The molecule has 184 valence electrons. The first-order valence-corrected chi connectivity index (χ1v) is 14.9. The van der Waals surface area contributed by atoms with Gasteiger partial charge in [-0.2, -0.15) is 4.31 Å². The Balaban J connectivity index is 1.70. The Morgan fingerprint density at radius 3 is 2.65 bits per heavy atom. The van der Waals surface area contributed by atoms with Gasteiger partial charge in [0.15, 0.2) is 5.13 Å². The van der Waals surface area contributed by atoms with Crippen LogP contribution in [0.3, 0.4) is 0 Å². The lowest BCUT2D eigenvalue weighted by atomic mass is 10.1. The zero-order chi connectivity index (χ0) is 24.5. The zero-order valence-corrected chi connectivity index (χ0v) is 22.6. The summed E-state index contributed by atoms with van der Waals surface area (Å²) >= 11 is 2.69. The SMILES string of the molecule is CCN(CC)CCN(C(=O)C1CCCN1S(=O)(=O)c1cccs1)c1nc2c(C)cc(C)cc2s1. The lowest BCUT2D eigenvalue weighted by Crippen LogP contribution is -2.49. The van der Waals surface area contributed by atoms with Crippen molar-refractivity contribution in [3.63, 3.8) is 0 Å². The van der Waals surface area contributed by atoms with Crippen molar-refractivity contribution in [3.05, 3.63) is 40.8 Å². The van der Waals surface area contributed by atoms with Gasteiger partial charge in [0, 0.05) is 19.6 Å². The van der Waals surface area contributed by atoms with Gasteiger partial charge in [0.05, 0.1) is 10.2 Å². The highest BCUT2D eigenvalue weighted by Crippen LogP contribution is 2.34. The average molecular weight is 521 g/mol. The quantitative estimate of drug-likeness (QED) is 0.415. The van der Waals surface area contributed by atoms with E-state index in [4.69, 9.17) is 4.98 Å². The molecule has 7 nitrogen and oxygen atoms in total. The van der Waals surface area contributed by atoms with Crippen molar-refractivity contribution in [2.24, 2.45) is 0 Å². The normalized spacial score (nSPS) is 17.1. The number of rotatable bonds is 9. The van der Waals surface area contributed by atoms with E-state index in [2.05, 4.69) is 37.8 Å². The van der Waals surface area contributed by atoms with E-state index in [1.54, 1.807) is 22.4 Å². The molecule has 1 saturated heterocycles. The number of carbonyl (C=O) groups is 1. The molecule has 0 saturated carbocycles. The van der Waals surface area contributed by atoms with E-state index >= 15 is 0 Å². The Morgan fingerprint density at radius 1 is 1.21 bits per heavy atom. The van der Waals surface area contributed by atoms with Crippen LogP contribution in [0.5, 0.6) is 0 Å². The maximum absolute atomic E-state index is 14.0. The molecule has 0 radical (unpaired) electrons. The predicted octanol–water partition coefficient (Wildman–Crippen LogP) is 4.50. The summed E-state index contributed by atoms with van der Waals surface area (Å²) in [6.07, 6.45) is 1.19. The van der Waals surface area contributed by atoms with Crippen LogP contribution in [0.25, 0.3) is 10.2 Å². The Hall–Kier alpha value is -1.85. The lowest BCUT2D eigenvalue weighted by molar-refractivity contribution is -0.121. The molecular formula is C24H32N4O3S3. The molecule has 1 atom stereocenters. The van der Waals surface area contributed by atoms with Gasteiger partial charge in [-0.1, -0.05) is 37.3 Å². The number of likely N-dealkylation sites (N-methyl/N-ethyl adjacent to an activating group) is 1. The smallest absolute Gasteiger partial charge is 0.253 e. The van der Waals surface area contributed by atoms with E-state index in [-0.39, 0.29) is 10.1 Å². The molecule has 34 heavy (non-hydrogen) atoms. The summed E-state index contributed by atoms with van der Waals surface area (Å²) in [5, 5.41) is 2.39. The molecule has 0 bridgehead atoms. The summed E-state index contributed by atoms with van der Waals surface area (Å²) < 4.78 is 29.3. The average Bonchev–Trinajstić information content (AvgIpc) is 3.57. The molecule has 0 aliphatic carbocycles. The second-order valence-corrected chi connectivity index (χ2v) is 12.7. The number of carbonyl (C=O) groups excluding carboxylic acids is 1. The summed E-state index contributed by atoms with van der Waals surface area (Å²) in [5.74, 6) is -0.182. The van der Waals surface area contributed by atoms with Gasteiger partial charge in [0.25, 0.3) is 10.0 Å². The number of hydrogen-bond acceptors (Lipinski definition) is 7. The van der Waals surface area contributed by atoms with Crippen molar-refractivity contribution >= 4 is 54.0 Å². The summed E-state index contributed by atoms with van der Waals surface area (Å²) in [5.41, 5.74) is 3.14. The van der Waals surface area contributed by atoms with Crippen molar-refractivity contribution < 1.29 is 13.2 Å². The first-order chi connectivity index (χ1) is 16.3. The van der Waals surface area contributed by atoms with Crippen molar-refractivity contribution in [1.82, 2.24) is 14.2 Å². The topological polar surface area (TPSA) is 73.8 Å². The fraction of sp³-hybridized carbons (Fsp3) is 0.500. The fourth-order valence-corrected chi connectivity index (χ4v) is 8.48.